The van der Waals surface area contributed by atoms with Crippen molar-refractivity contribution in [1.82, 2.24) is 4.98 Å². The Morgan fingerprint density at radius 2 is 1.83 bits per heavy atom. The van der Waals surface area contributed by atoms with E-state index in [0.717, 1.165) is 16.4 Å². The SMILES string of the molecule is O=C(Nc1cccc2cccnc12)C1CC(=O)N(c2ccccc2C(F)(F)F)C1. The number of aromatic nitrogens is 1. The third-order valence-electron chi connectivity index (χ3n) is 4.89. The van der Waals surface area contributed by atoms with E-state index in [1.165, 1.54) is 18.2 Å². The highest BCUT2D eigenvalue weighted by atomic mass is 19.4. The van der Waals surface area contributed by atoms with Gasteiger partial charge in [-0.2, -0.15) is 13.2 Å². The predicted molar refractivity (Wildman–Crippen MR) is 102 cm³/mol. The minimum Gasteiger partial charge on any atom is -0.324 e. The molecule has 0 aliphatic carbocycles. The number of benzene rings is 2. The van der Waals surface area contributed by atoms with Gasteiger partial charge in [0, 0.05) is 24.5 Å². The van der Waals surface area contributed by atoms with Crippen LogP contribution < -0.4 is 10.2 Å². The van der Waals surface area contributed by atoms with E-state index in [-0.39, 0.29) is 18.7 Å². The number of alkyl halides is 3. The smallest absolute Gasteiger partial charge is 0.324 e. The zero-order chi connectivity index (χ0) is 20.6. The molecule has 29 heavy (non-hydrogen) atoms. The predicted octanol–water partition coefficient (Wildman–Crippen LogP) is 4.25. The number of hydrogen-bond acceptors (Lipinski definition) is 3. The van der Waals surface area contributed by atoms with Crippen molar-refractivity contribution < 1.29 is 22.8 Å². The fourth-order valence-corrected chi connectivity index (χ4v) is 3.50. The van der Waals surface area contributed by atoms with Gasteiger partial charge in [-0.25, -0.2) is 0 Å². The molecule has 3 aromatic rings. The number of anilines is 2. The number of carbonyl (C=O) groups excluding carboxylic acids is 2. The molecule has 148 valence electrons. The molecule has 0 bridgehead atoms. The van der Waals surface area contributed by atoms with E-state index in [1.807, 2.05) is 12.1 Å². The van der Waals surface area contributed by atoms with Gasteiger partial charge in [0.05, 0.1) is 28.4 Å². The summed E-state index contributed by atoms with van der Waals surface area (Å²) in [6.07, 6.45) is -3.14. The summed E-state index contributed by atoms with van der Waals surface area (Å²) in [6.45, 7) is -0.115. The van der Waals surface area contributed by atoms with Crippen LogP contribution in [0.5, 0.6) is 0 Å². The maximum absolute atomic E-state index is 13.3. The molecule has 5 nitrogen and oxygen atoms in total. The number of hydrogen-bond donors (Lipinski definition) is 1. The van der Waals surface area contributed by atoms with Crippen molar-refractivity contribution in [3.63, 3.8) is 0 Å². The van der Waals surface area contributed by atoms with Gasteiger partial charge >= 0.3 is 6.18 Å². The molecule has 1 atom stereocenters. The molecule has 0 spiro atoms. The van der Waals surface area contributed by atoms with Gasteiger partial charge in [0.2, 0.25) is 11.8 Å². The van der Waals surface area contributed by atoms with Crippen molar-refractivity contribution in [3.8, 4) is 0 Å². The Hall–Kier alpha value is -3.42. The molecule has 1 N–H and O–H groups in total. The molecule has 1 aliphatic heterocycles. The van der Waals surface area contributed by atoms with E-state index >= 15 is 0 Å². The summed E-state index contributed by atoms with van der Waals surface area (Å²) >= 11 is 0. The van der Waals surface area contributed by atoms with E-state index in [2.05, 4.69) is 10.3 Å². The molecule has 8 heteroatoms. The second kappa shape index (κ2) is 7.20. The van der Waals surface area contributed by atoms with Crippen molar-refractivity contribution >= 4 is 34.1 Å². The van der Waals surface area contributed by atoms with Gasteiger partial charge in [0.15, 0.2) is 0 Å². The molecular formula is C21H16F3N3O2. The number of pyridine rings is 1. The van der Waals surface area contributed by atoms with Gasteiger partial charge in [-0.15, -0.1) is 0 Å². The number of fused-ring (bicyclic) bond motifs is 1. The molecule has 1 saturated heterocycles. The lowest BCUT2D eigenvalue weighted by Crippen LogP contribution is -2.29. The van der Waals surface area contributed by atoms with Crippen LogP contribution in [-0.4, -0.2) is 23.3 Å². The van der Waals surface area contributed by atoms with Crippen molar-refractivity contribution in [1.29, 1.82) is 0 Å². The standard InChI is InChI=1S/C21H16F3N3O2/c22-21(23,24)15-7-1-2-9-17(15)27-12-14(11-18(27)28)20(29)26-16-8-3-5-13-6-4-10-25-19(13)16/h1-10,14H,11-12H2,(H,26,29). The largest absolute Gasteiger partial charge is 0.418 e. The number of nitrogens with one attached hydrogen (secondary N) is 1. The van der Waals surface area contributed by atoms with E-state index in [0.29, 0.717) is 11.2 Å². The lowest BCUT2D eigenvalue weighted by atomic mass is 10.1. The van der Waals surface area contributed by atoms with Crippen LogP contribution in [-0.2, 0) is 15.8 Å². The number of carbonyl (C=O) groups is 2. The molecule has 1 unspecified atom stereocenters. The molecule has 1 aliphatic rings. The zero-order valence-corrected chi connectivity index (χ0v) is 15.1. The first-order valence-corrected chi connectivity index (χ1v) is 8.96. The average molecular weight is 399 g/mol. The van der Waals surface area contributed by atoms with Crippen molar-refractivity contribution in [2.75, 3.05) is 16.8 Å². The summed E-state index contributed by atoms with van der Waals surface area (Å²) in [4.78, 5) is 30.4. The van der Waals surface area contributed by atoms with E-state index in [1.54, 1.807) is 24.4 Å². The summed E-state index contributed by atoms with van der Waals surface area (Å²) < 4.78 is 39.9. The minimum atomic E-state index is -4.59. The van der Waals surface area contributed by atoms with Crippen LogP contribution in [0.25, 0.3) is 10.9 Å². The number of nitrogens with zero attached hydrogens (tertiary/aromatic N) is 2. The van der Waals surface area contributed by atoms with E-state index < -0.39 is 29.5 Å². The quantitative estimate of drug-likeness (QED) is 0.717. The third-order valence-corrected chi connectivity index (χ3v) is 4.89. The minimum absolute atomic E-state index is 0.115. The Kier molecular flexibility index (Phi) is 4.70. The van der Waals surface area contributed by atoms with Gasteiger partial charge < -0.3 is 10.2 Å². The number of rotatable bonds is 3. The first-order valence-electron chi connectivity index (χ1n) is 8.96. The third kappa shape index (κ3) is 3.65. The maximum Gasteiger partial charge on any atom is 0.418 e. The summed E-state index contributed by atoms with van der Waals surface area (Å²) in [5.41, 5.74) is -0.0265. The lowest BCUT2D eigenvalue weighted by Gasteiger charge is -2.21. The number of para-hydroxylation sites is 2. The molecule has 1 aromatic heterocycles. The molecule has 1 fully saturated rings. The maximum atomic E-state index is 13.3. The van der Waals surface area contributed by atoms with Gasteiger partial charge in [-0.05, 0) is 24.3 Å². The van der Waals surface area contributed by atoms with Crippen LogP contribution >= 0.6 is 0 Å². The van der Waals surface area contributed by atoms with Crippen LogP contribution in [0.15, 0.2) is 60.8 Å². The average Bonchev–Trinajstić information content (AvgIpc) is 3.09. The van der Waals surface area contributed by atoms with E-state index in [4.69, 9.17) is 0 Å². The Balaban J connectivity index is 1.56. The second-order valence-corrected chi connectivity index (χ2v) is 6.79. The van der Waals surface area contributed by atoms with E-state index in [9.17, 15) is 22.8 Å². The monoisotopic (exact) mass is 399 g/mol. The van der Waals surface area contributed by atoms with Crippen LogP contribution in [0.4, 0.5) is 24.5 Å². The molecule has 0 radical (unpaired) electrons. The highest BCUT2D eigenvalue weighted by Crippen LogP contribution is 2.38. The van der Waals surface area contributed by atoms with Crippen LogP contribution in [0.1, 0.15) is 12.0 Å². The highest BCUT2D eigenvalue weighted by Gasteiger charge is 2.40. The van der Waals surface area contributed by atoms with Gasteiger partial charge in [0.1, 0.15) is 0 Å². The van der Waals surface area contributed by atoms with Crippen molar-refractivity contribution in [2.24, 2.45) is 5.92 Å². The Bertz CT molecular complexity index is 1090. The summed E-state index contributed by atoms with van der Waals surface area (Å²) in [6, 6.07) is 13.8. The van der Waals surface area contributed by atoms with Gasteiger partial charge in [-0.1, -0.05) is 30.3 Å². The summed E-state index contributed by atoms with van der Waals surface area (Å²) in [7, 11) is 0. The van der Waals surface area contributed by atoms with Crippen molar-refractivity contribution in [2.45, 2.75) is 12.6 Å². The zero-order valence-electron chi connectivity index (χ0n) is 15.1. The van der Waals surface area contributed by atoms with Crippen molar-refractivity contribution in [3.05, 3.63) is 66.4 Å². The molecule has 2 amide bonds. The Labute approximate surface area is 164 Å². The first-order chi connectivity index (χ1) is 13.8. The lowest BCUT2D eigenvalue weighted by molar-refractivity contribution is -0.137. The fourth-order valence-electron chi connectivity index (χ4n) is 3.50. The molecular weight excluding hydrogens is 383 g/mol. The number of amides is 2. The van der Waals surface area contributed by atoms with Crippen LogP contribution in [0.2, 0.25) is 0 Å². The van der Waals surface area contributed by atoms with Gasteiger partial charge in [-0.3, -0.25) is 14.6 Å². The Morgan fingerprint density at radius 3 is 2.62 bits per heavy atom. The molecule has 2 heterocycles. The summed E-state index contributed by atoms with van der Waals surface area (Å²) in [5, 5.41) is 3.60. The Morgan fingerprint density at radius 1 is 1.07 bits per heavy atom. The van der Waals surface area contributed by atoms with Crippen LogP contribution in [0, 0.1) is 5.92 Å². The topological polar surface area (TPSA) is 62.3 Å². The first kappa shape index (κ1) is 18.9. The number of halogens is 3. The van der Waals surface area contributed by atoms with Crippen LogP contribution in [0.3, 0.4) is 0 Å². The second-order valence-electron chi connectivity index (χ2n) is 6.79. The molecule has 2 aromatic carbocycles. The molecule has 0 saturated carbocycles. The van der Waals surface area contributed by atoms with Gasteiger partial charge in [0.25, 0.3) is 0 Å². The summed E-state index contributed by atoms with van der Waals surface area (Å²) in [5.74, 6) is -1.70. The normalized spacial score (nSPS) is 17.0. The highest BCUT2D eigenvalue weighted by molar-refractivity contribution is 6.06. The molecule has 4 rings (SSSR count). The fraction of sp³-hybridized carbons (Fsp3) is 0.190.